The lowest BCUT2D eigenvalue weighted by Crippen LogP contribution is -2.15. The summed E-state index contributed by atoms with van der Waals surface area (Å²) in [5.41, 5.74) is 13.3. The Labute approximate surface area is 282 Å². The van der Waals surface area contributed by atoms with Gasteiger partial charge in [0.15, 0.2) is 0 Å². The van der Waals surface area contributed by atoms with Crippen molar-refractivity contribution in [2.24, 2.45) is 0 Å². The second-order valence-corrected chi connectivity index (χ2v) is 13.9. The van der Waals surface area contributed by atoms with Crippen LogP contribution in [0.1, 0.15) is 25.0 Å². The molecular weight excluding hydrogens is 597 g/mol. The molecular formula is C47H30O2. The average Bonchev–Trinajstić information content (AvgIpc) is 3.78. The molecule has 11 rings (SSSR count). The molecule has 1 aliphatic carbocycles. The molecule has 2 heterocycles. The van der Waals surface area contributed by atoms with Crippen LogP contribution in [0.5, 0.6) is 0 Å². The third-order valence-corrected chi connectivity index (χ3v) is 11.0. The Hall–Kier alpha value is -6.12. The summed E-state index contributed by atoms with van der Waals surface area (Å²) in [6, 6.07) is 52.4. The predicted octanol–water partition coefficient (Wildman–Crippen LogP) is 13.4. The van der Waals surface area contributed by atoms with Gasteiger partial charge in [-0.05, 0) is 73.1 Å². The Morgan fingerprint density at radius 2 is 0.959 bits per heavy atom. The van der Waals surface area contributed by atoms with E-state index < -0.39 is 0 Å². The molecule has 1 aliphatic rings. The lowest BCUT2D eigenvalue weighted by molar-refractivity contribution is 0.619. The maximum atomic E-state index is 7.09. The minimum atomic E-state index is -0.243. The Morgan fingerprint density at radius 1 is 0.408 bits per heavy atom. The summed E-state index contributed by atoms with van der Waals surface area (Å²) in [4.78, 5) is 0. The highest BCUT2D eigenvalue weighted by Crippen LogP contribution is 2.57. The Bertz CT molecular complexity index is 2950. The van der Waals surface area contributed by atoms with Crippen LogP contribution in [0.3, 0.4) is 0 Å². The summed E-state index contributed by atoms with van der Waals surface area (Å²) in [6.07, 6.45) is 0. The average molecular weight is 627 g/mol. The highest BCUT2D eigenvalue weighted by atomic mass is 16.3. The van der Waals surface area contributed by atoms with E-state index >= 15 is 0 Å². The van der Waals surface area contributed by atoms with Crippen LogP contribution in [0.25, 0.3) is 98.8 Å². The molecule has 0 bridgehead atoms. The number of hydrogen-bond donors (Lipinski definition) is 0. The number of fused-ring (bicyclic) bond motifs is 14. The number of furan rings is 2. The molecule has 2 heteroatoms. The summed E-state index contributed by atoms with van der Waals surface area (Å²) in [7, 11) is 0. The first-order valence-electron chi connectivity index (χ1n) is 17.0. The number of benzene rings is 8. The molecule has 0 unspecified atom stereocenters. The Kier molecular flexibility index (Phi) is 5.21. The van der Waals surface area contributed by atoms with Gasteiger partial charge in [0, 0.05) is 32.7 Å². The fraction of sp³-hybridized carbons (Fsp3) is 0.0638. The first-order chi connectivity index (χ1) is 24.1. The van der Waals surface area contributed by atoms with E-state index in [4.69, 9.17) is 8.83 Å². The lowest BCUT2D eigenvalue weighted by Gasteiger charge is -2.21. The van der Waals surface area contributed by atoms with Gasteiger partial charge >= 0.3 is 0 Å². The van der Waals surface area contributed by atoms with Gasteiger partial charge < -0.3 is 8.83 Å². The Balaban J connectivity index is 1.26. The van der Waals surface area contributed by atoms with Crippen LogP contribution in [0, 0.1) is 0 Å². The number of rotatable bonds is 2. The summed E-state index contributed by atoms with van der Waals surface area (Å²) in [5, 5.41) is 9.40. The van der Waals surface area contributed by atoms with Crippen molar-refractivity contribution in [3.8, 4) is 33.4 Å². The molecule has 0 saturated heterocycles. The maximum absolute atomic E-state index is 7.09. The lowest BCUT2D eigenvalue weighted by atomic mass is 9.81. The van der Waals surface area contributed by atoms with Gasteiger partial charge in [-0.2, -0.15) is 0 Å². The van der Waals surface area contributed by atoms with E-state index in [1.54, 1.807) is 0 Å². The third kappa shape index (κ3) is 3.45. The van der Waals surface area contributed by atoms with Crippen molar-refractivity contribution in [2.75, 3.05) is 0 Å². The largest absolute Gasteiger partial charge is 0.456 e. The molecule has 2 nitrogen and oxygen atoms in total. The molecule has 0 aliphatic heterocycles. The van der Waals surface area contributed by atoms with Crippen molar-refractivity contribution in [3.05, 3.63) is 157 Å². The van der Waals surface area contributed by atoms with Crippen LogP contribution in [0.4, 0.5) is 0 Å². The quantitative estimate of drug-likeness (QED) is 0.178. The van der Waals surface area contributed by atoms with Gasteiger partial charge in [-0.25, -0.2) is 0 Å². The van der Waals surface area contributed by atoms with Gasteiger partial charge in [-0.3, -0.25) is 0 Å². The molecule has 8 aromatic carbocycles. The van der Waals surface area contributed by atoms with E-state index in [0.29, 0.717) is 0 Å². The maximum Gasteiger partial charge on any atom is 0.147 e. The van der Waals surface area contributed by atoms with Crippen LogP contribution < -0.4 is 0 Å². The molecule has 0 N–H and O–H groups in total. The Morgan fingerprint density at radius 3 is 1.67 bits per heavy atom. The van der Waals surface area contributed by atoms with Crippen molar-refractivity contribution in [1.82, 2.24) is 0 Å². The molecule has 10 aromatic rings. The first kappa shape index (κ1) is 26.9. The van der Waals surface area contributed by atoms with Gasteiger partial charge in [0.2, 0.25) is 0 Å². The molecule has 0 saturated carbocycles. The fourth-order valence-corrected chi connectivity index (χ4v) is 8.96. The van der Waals surface area contributed by atoms with E-state index in [2.05, 4.69) is 159 Å². The van der Waals surface area contributed by atoms with E-state index in [-0.39, 0.29) is 5.41 Å². The molecule has 0 atom stereocenters. The van der Waals surface area contributed by atoms with Gasteiger partial charge in [0.05, 0.1) is 5.39 Å². The van der Waals surface area contributed by atoms with Gasteiger partial charge in [-0.1, -0.05) is 141 Å². The first-order valence-corrected chi connectivity index (χ1v) is 17.0. The molecule has 230 valence electrons. The van der Waals surface area contributed by atoms with Gasteiger partial charge in [0.1, 0.15) is 22.3 Å². The number of para-hydroxylation sites is 1. The van der Waals surface area contributed by atoms with Crippen molar-refractivity contribution < 1.29 is 8.83 Å². The van der Waals surface area contributed by atoms with Crippen molar-refractivity contribution in [1.29, 1.82) is 0 Å². The molecule has 0 radical (unpaired) electrons. The second kappa shape index (κ2) is 9.49. The molecule has 2 aromatic heterocycles. The zero-order valence-electron chi connectivity index (χ0n) is 27.2. The number of hydrogen-bond acceptors (Lipinski definition) is 2. The van der Waals surface area contributed by atoms with Crippen LogP contribution in [-0.4, -0.2) is 0 Å². The zero-order valence-corrected chi connectivity index (χ0v) is 27.2. The highest BCUT2D eigenvalue weighted by Gasteiger charge is 2.41. The SMILES string of the molecule is CC1(C)c2ccccc2-c2c1c1oc3cc(-c4c5ccccc5c(-c5ccccc5)c5ccccc45)ccc3c1c1oc3ccccc3c21. The van der Waals surface area contributed by atoms with Crippen LogP contribution >= 0.6 is 0 Å². The molecule has 49 heavy (non-hydrogen) atoms. The third-order valence-electron chi connectivity index (χ3n) is 11.0. The molecule has 0 fully saturated rings. The van der Waals surface area contributed by atoms with E-state index in [0.717, 1.165) is 44.1 Å². The second-order valence-electron chi connectivity index (χ2n) is 13.9. The smallest absolute Gasteiger partial charge is 0.147 e. The van der Waals surface area contributed by atoms with E-state index in [1.165, 1.54) is 65.9 Å². The highest BCUT2D eigenvalue weighted by molar-refractivity contribution is 6.29. The van der Waals surface area contributed by atoms with Gasteiger partial charge in [0.25, 0.3) is 0 Å². The van der Waals surface area contributed by atoms with E-state index in [9.17, 15) is 0 Å². The standard InChI is InChI=1S/C47H30O2/c1-47(2)36-22-12-10-20-33(36)41-42-34-21-11-13-23-37(34)48-45(42)43-35-25-24-28(26-38(35)49-46(43)44(41)47)40-31-18-8-6-16-29(31)39(27-14-4-3-5-15-27)30-17-7-9-19-32(30)40/h3-26H,1-2H3. The van der Waals surface area contributed by atoms with E-state index in [1.807, 2.05) is 0 Å². The summed E-state index contributed by atoms with van der Waals surface area (Å²) in [5.74, 6) is 0. The van der Waals surface area contributed by atoms with Crippen molar-refractivity contribution in [2.45, 2.75) is 19.3 Å². The topological polar surface area (TPSA) is 26.3 Å². The van der Waals surface area contributed by atoms with Crippen molar-refractivity contribution in [3.63, 3.8) is 0 Å². The van der Waals surface area contributed by atoms with Crippen molar-refractivity contribution >= 4 is 65.4 Å². The van der Waals surface area contributed by atoms with Crippen LogP contribution in [-0.2, 0) is 5.41 Å². The van der Waals surface area contributed by atoms with Crippen LogP contribution in [0.2, 0.25) is 0 Å². The summed E-state index contributed by atoms with van der Waals surface area (Å²) >= 11 is 0. The normalized spacial score (nSPS) is 13.7. The minimum Gasteiger partial charge on any atom is -0.456 e. The van der Waals surface area contributed by atoms with Crippen LogP contribution in [0.15, 0.2) is 154 Å². The zero-order chi connectivity index (χ0) is 32.4. The molecule has 0 amide bonds. The minimum absolute atomic E-state index is 0.243. The summed E-state index contributed by atoms with van der Waals surface area (Å²) < 4.78 is 13.9. The van der Waals surface area contributed by atoms with Gasteiger partial charge in [-0.15, -0.1) is 0 Å². The molecule has 0 spiro atoms. The predicted molar refractivity (Wildman–Crippen MR) is 204 cm³/mol. The monoisotopic (exact) mass is 626 g/mol. The summed E-state index contributed by atoms with van der Waals surface area (Å²) in [6.45, 7) is 4.66. The fourth-order valence-electron chi connectivity index (χ4n) is 8.96.